The van der Waals surface area contributed by atoms with Gasteiger partial charge in [0.05, 0.1) is 18.4 Å². The van der Waals surface area contributed by atoms with Gasteiger partial charge in [0.1, 0.15) is 0 Å². The number of pyridine rings is 1. The van der Waals surface area contributed by atoms with E-state index < -0.39 is 11.5 Å². The van der Waals surface area contributed by atoms with Gasteiger partial charge in [0.25, 0.3) is 11.8 Å². The Balaban J connectivity index is 1.38. The average molecular weight is 521 g/mol. The molecule has 0 spiro atoms. The molecule has 0 radical (unpaired) electrons. The van der Waals surface area contributed by atoms with Gasteiger partial charge in [0, 0.05) is 43.0 Å². The Hall–Kier alpha value is -4.65. The van der Waals surface area contributed by atoms with Crippen molar-refractivity contribution in [2.24, 2.45) is 0 Å². The lowest BCUT2D eigenvalue weighted by Crippen LogP contribution is -2.53. The number of anilines is 2. The summed E-state index contributed by atoms with van der Waals surface area (Å²) in [6.45, 7) is 3.09. The molecule has 13 heteroatoms. The van der Waals surface area contributed by atoms with E-state index in [2.05, 4.69) is 25.5 Å². The molecule has 2 aromatic heterocycles. The number of hydroxylamine groups is 2. The van der Waals surface area contributed by atoms with Crippen LogP contribution in [0.4, 0.5) is 11.8 Å². The average Bonchev–Trinajstić information content (AvgIpc) is 2.92. The summed E-state index contributed by atoms with van der Waals surface area (Å²) < 4.78 is 0. The van der Waals surface area contributed by atoms with Gasteiger partial charge in [-0.1, -0.05) is 0 Å². The smallest absolute Gasteiger partial charge is 0.335 e. The van der Waals surface area contributed by atoms with Crippen LogP contribution in [0.15, 0.2) is 42.6 Å². The van der Waals surface area contributed by atoms with Gasteiger partial charge in [-0.3, -0.25) is 19.4 Å². The molecule has 1 aliphatic heterocycles. The van der Waals surface area contributed by atoms with Crippen molar-refractivity contribution >= 4 is 29.5 Å². The molecule has 1 saturated heterocycles. The van der Waals surface area contributed by atoms with Gasteiger partial charge in [0.2, 0.25) is 5.95 Å². The van der Waals surface area contributed by atoms with E-state index in [1.807, 2.05) is 11.8 Å². The Bertz CT molecular complexity index is 1360. The molecule has 13 nitrogen and oxygen atoms in total. The molecular formula is C25H28N8O5. The molecule has 1 aromatic carbocycles. The van der Waals surface area contributed by atoms with E-state index in [0.29, 0.717) is 43.0 Å². The third-order valence-electron chi connectivity index (χ3n) is 6.47. The normalized spacial score (nSPS) is 14.6. The summed E-state index contributed by atoms with van der Waals surface area (Å²) in [7, 11) is 2.91. The Morgan fingerprint density at radius 3 is 2.34 bits per heavy atom. The minimum atomic E-state index is -1.09. The van der Waals surface area contributed by atoms with Gasteiger partial charge < -0.3 is 21.1 Å². The minimum Gasteiger partial charge on any atom is -0.478 e. The largest absolute Gasteiger partial charge is 0.478 e. The van der Waals surface area contributed by atoms with E-state index >= 15 is 0 Å². The first-order valence-electron chi connectivity index (χ1n) is 11.8. The van der Waals surface area contributed by atoms with Gasteiger partial charge in [-0.05, 0) is 56.2 Å². The number of hydrogen-bond acceptors (Lipinski definition) is 10. The number of piperidine rings is 1. The number of aromatic carboxylic acids is 1. The van der Waals surface area contributed by atoms with Crippen LogP contribution in [0.3, 0.4) is 0 Å². The van der Waals surface area contributed by atoms with Gasteiger partial charge in [0.15, 0.2) is 11.5 Å². The van der Waals surface area contributed by atoms with Crippen molar-refractivity contribution in [1.82, 2.24) is 30.5 Å². The van der Waals surface area contributed by atoms with Gasteiger partial charge in [-0.2, -0.15) is 4.98 Å². The minimum absolute atomic E-state index is 0.0563. The van der Waals surface area contributed by atoms with E-state index in [1.54, 1.807) is 24.3 Å². The van der Waals surface area contributed by atoms with Crippen LogP contribution >= 0.6 is 0 Å². The molecule has 3 aromatic rings. The summed E-state index contributed by atoms with van der Waals surface area (Å²) in [4.78, 5) is 51.6. The molecular weight excluding hydrogens is 492 g/mol. The van der Waals surface area contributed by atoms with Crippen LogP contribution in [0, 0.1) is 0 Å². The van der Waals surface area contributed by atoms with Crippen molar-refractivity contribution in [2.45, 2.75) is 25.3 Å². The number of carboxylic acid groups (broad SMARTS) is 1. The Morgan fingerprint density at radius 2 is 1.74 bits per heavy atom. The number of nitrogen functional groups attached to an aromatic ring is 1. The maximum Gasteiger partial charge on any atom is 0.335 e. The molecule has 0 atom stereocenters. The van der Waals surface area contributed by atoms with Crippen LogP contribution in [0.25, 0.3) is 11.4 Å². The summed E-state index contributed by atoms with van der Waals surface area (Å²) in [5.74, 6) is -1.20. The van der Waals surface area contributed by atoms with Crippen LogP contribution in [0.2, 0.25) is 0 Å². The zero-order valence-corrected chi connectivity index (χ0v) is 21.2. The third-order valence-corrected chi connectivity index (χ3v) is 6.47. The van der Waals surface area contributed by atoms with Crippen LogP contribution in [0.1, 0.15) is 50.8 Å². The van der Waals surface area contributed by atoms with Gasteiger partial charge in [-0.25, -0.2) is 9.86 Å². The number of carbonyl (C=O) groups is 3. The summed E-state index contributed by atoms with van der Waals surface area (Å²) in [6.07, 6.45) is 2.61. The number of nitrogens with zero attached hydrogens (tertiary/aromatic N) is 6. The molecule has 0 bridgehead atoms. The Morgan fingerprint density at radius 1 is 1.08 bits per heavy atom. The highest BCUT2D eigenvalue weighted by atomic mass is 16.7. The molecule has 0 aliphatic carbocycles. The summed E-state index contributed by atoms with van der Waals surface area (Å²) in [6, 6.07) is 9.12. The first kappa shape index (κ1) is 26.4. The predicted molar refractivity (Wildman–Crippen MR) is 137 cm³/mol. The lowest BCUT2D eigenvalue weighted by molar-refractivity contribution is -0.0757. The van der Waals surface area contributed by atoms with Crippen molar-refractivity contribution in [2.75, 3.05) is 37.9 Å². The number of carboxylic acids is 1. The number of benzene rings is 1. The number of rotatable bonds is 7. The number of amides is 2. The third kappa shape index (κ3) is 5.67. The summed E-state index contributed by atoms with van der Waals surface area (Å²) in [5.41, 5.74) is 7.03. The molecule has 0 saturated carbocycles. The summed E-state index contributed by atoms with van der Waals surface area (Å²) >= 11 is 0. The van der Waals surface area contributed by atoms with E-state index in [-0.39, 0.29) is 34.6 Å². The summed E-state index contributed by atoms with van der Waals surface area (Å²) in [5, 5.41) is 21.7. The first-order valence-corrected chi connectivity index (χ1v) is 11.8. The lowest BCUT2D eigenvalue weighted by Gasteiger charge is -2.39. The van der Waals surface area contributed by atoms with E-state index in [1.165, 1.54) is 32.5 Å². The van der Waals surface area contributed by atoms with Crippen LogP contribution < -0.4 is 16.0 Å². The number of hydrogen-bond donors (Lipinski definition) is 3. The van der Waals surface area contributed by atoms with Gasteiger partial charge in [-0.15, -0.1) is 10.2 Å². The topological polar surface area (TPSA) is 177 Å². The quantitative estimate of drug-likeness (QED) is 0.386. The zero-order chi connectivity index (χ0) is 27.4. The number of aromatic nitrogens is 4. The molecule has 1 fully saturated rings. The molecule has 0 unspecified atom stereocenters. The maximum absolute atomic E-state index is 12.9. The lowest BCUT2D eigenvalue weighted by atomic mass is 9.89. The highest BCUT2D eigenvalue weighted by Gasteiger charge is 2.33. The van der Waals surface area contributed by atoms with Crippen molar-refractivity contribution in [1.29, 1.82) is 0 Å². The Labute approximate surface area is 218 Å². The number of nitrogens with two attached hydrogens (primary N) is 1. The van der Waals surface area contributed by atoms with E-state index in [0.717, 1.165) is 5.06 Å². The fraction of sp³-hybridized carbons (Fsp3) is 0.320. The number of carbonyl (C=O) groups excluding carboxylic acids is 2. The molecule has 38 heavy (non-hydrogen) atoms. The predicted octanol–water partition coefficient (Wildman–Crippen LogP) is 1.64. The van der Waals surface area contributed by atoms with Crippen molar-refractivity contribution in [3.05, 3.63) is 59.3 Å². The van der Waals surface area contributed by atoms with Crippen LogP contribution in [-0.4, -0.2) is 80.9 Å². The highest BCUT2D eigenvalue weighted by Crippen LogP contribution is 2.27. The van der Waals surface area contributed by atoms with Crippen molar-refractivity contribution in [3.8, 4) is 11.4 Å². The second kappa shape index (κ2) is 10.8. The molecule has 1 aliphatic rings. The second-order valence-electron chi connectivity index (χ2n) is 9.14. The molecule has 2 amide bonds. The van der Waals surface area contributed by atoms with Gasteiger partial charge >= 0.3 is 5.97 Å². The molecule has 3 heterocycles. The highest BCUT2D eigenvalue weighted by molar-refractivity contribution is 5.97. The molecule has 4 rings (SSSR count). The van der Waals surface area contributed by atoms with E-state index in [4.69, 9.17) is 10.6 Å². The zero-order valence-electron chi connectivity index (χ0n) is 21.2. The fourth-order valence-electron chi connectivity index (χ4n) is 4.04. The van der Waals surface area contributed by atoms with Crippen molar-refractivity contribution < 1.29 is 24.3 Å². The monoisotopic (exact) mass is 520 g/mol. The van der Waals surface area contributed by atoms with E-state index in [9.17, 15) is 19.5 Å². The molecule has 4 N–H and O–H groups in total. The van der Waals surface area contributed by atoms with Crippen LogP contribution in [0.5, 0.6) is 0 Å². The maximum atomic E-state index is 12.9. The standard InChI is InChI=1S/C25H28N8O5/c1-25(29-21(34)15-4-6-16(7-5-15)22(35)32(2)38-3)9-12-33(13-10-25)24-28-20(26)19(30-31-24)18-14-17(23(36)37)8-11-27-18/h4-8,11,14H,9-10,12-13H2,1-3H3,(H,29,34)(H,36,37)(H2,26,28,31). The Kier molecular flexibility index (Phi) is 7.48. The SMILES string of the molecule is CON(C)C(=O)c1ccc(C(=O)NC2(C)CCN(c3nnc(-c4cc(C(=O)O)ccn4)c(N)n3)CC2)cc1. The second-order valence-corrected chi connectivity index (χ2v) is 9.14. The number of nitrogens with one attached hydrogen (secondary N) is 1. The van der Waals surface area contributed by atoms with Crippen LogP contribution in [-0.2, 0) is 4.84 Å². The van der Waals surface area contributed by atoms with Crippen molar-refractivity contribution in [3.63, 3.8) is 0 Å². The first-order chi connectivity index (χ1) is 18.1. The fourth-order valence-corrected chi connectivity index (χ4v) is 4.04. The molecule has 198 valence electrons.